The third-order valence-electron chi connectivity index (χ3n) is 4.33. The van der Waals surface area contributed by atoms with Gasteiger partial charge in [-0.3, -0.25) is 9.59 Å². The summed E-state index contributed by atoms with van der Waals surface area (Å²) < 4.78 is 11.8. The first-order chi connectivity index (χ1) is 14.8. The Balaban J connectivity index is 1.88. The van der Waals surface area contributed by atoms with Crippen molar-refractivity contribution < 1.29 is 19.1 Å². The van der Waals surface area contributed by atoms with E-state index in [1.807, 2.05) is 38.1 Å². The van der Waals surface area contributed by atoms with Crippen LogP contribution in [0.2, 0.25) is 5.02 Å². The molecule has 0 spiro atoms. The summed E-state index contributed by atoms with van der Waals surface area (Å²) in [6.07, 6.45) is 0. The second kappa shape index (κ2) is 10.1. The molecule has 31 heavy (non-hydrogen) atoms. The van der Waals surface area contributed by atoms with E-state index < -0.39 is 5.37 Å². The van der Waals surface area contributed by atoms with Crippen molar-refractivity contribution in [2.24, 2.45) is 5.10 Å². The van der Waals surface area contributed by atoms with Gasteiger partial charge < -0.3 is 14.8 Å². The number of nitrogens with one attached hydrogen (secondary N) is 1. The van der Waals surface area contributed by atoms with Crippen molar-refractivity contribution in [3.63, 3.8) is 0 Å². The van der Waals surface area contributed by atoms with Gasteiger partial charge in [-0.25, -0.2) is 5.01 Å². The lowest BCUT2D eigenvalue weighted by molar-refractivity contribution is -0.129. The Morgan fingerprint density at radius 3 is 2.65 bits per heavy atom. The van der Waals surface area contributed by atoms with Crippen LogP contribution in [0.15, 0.2) is 41.5 Å². The molecule has 1 heterocycles. The van der Waals surface area contributed by atoms with E-state index in [-0.39, 0.29) is 11.8 Å². The molecule has 3 rings (SSSR count). The maximum absolute atomic E-state index is 12.1. The number of rotatable bonds is 6. The molecule has 1 unspecified atom stereocenters. The molecule has 0 fully saturated rings. The molecular weight excluding hydrogens is 438 g/mol. The predicted octanol–water partition coefficient (Wildman–Crippen LogP) is 4.63. The van der Waals surface area contributed by atoms with Crippen LogP contribution < -0.4 is 14.8 Å². The van der Waals surface area contributed by atoms with Crippen molar-refractivity contribution in [1.82, 2.24) is 10.3 Å². The van der Waals surface area contributed by atoms with Crippen LogP contribution >= 0.6 is 23.4 Å². The maximum atomic E-state index is 12.1. The molecule has 0 saturated carbocycles. The molecule has 0 aliphatic carbocycles. The normalized spacial score (nSPS) is 15.5. The lowest BCUT2D eigenvalue weighted by Crippen LogP contribution is -2.25. The zero-order valence-corrected chi connectivity index (χ0v) is 19.3. The number of carbonyl (C=O) groups excluding carboxylic acids is 2. The molecule has 1 atom stereocenters. The van der Waals surface area contributed by atoms with E-state index in [9.17, 15) is 9.59 Å². The van der Waals surface area contributed by atoms with Gasteiger partial charge in [0, 0.05) is 13.8 Å². The first kappa shape index (κ1) is 23.0. The molecule has 2 aromatic carbocycles. The van der Waals surface area contributed by atoms with E-state index in [0.717, 1.165) is 11.1 Å². The highest BCUT2D eigenvalue weighted by Gasteiger charge is 2.33. The van der Waals surface area contributed by atoms with Gasteiger partial charge >= 0.3 is 0 Å². The topological polar surface area (TPSA) is 80.2 Å². The maximum Gasteiger partial charge on any atom is 0.241 e. The van der Waals surface area contributed by atoms with Gasteiger partial charge in [-0.05, 0) is 37.1 Å². The number of aryl methyl sites for hydroxylation is 1. The predicted molar refractivity (Wildman–Crippen MR) is 122 cm³/mol. The van der Waals surface area contributed by atoms with Crippen molar-refractivity contribution in [2.75, 3.05) is 6.61 Å². The third kappa shape index (κ3) is 5.71. The van der Waals surface area contributed by atoms with Gasteiger partial charge in [0.25, 0.3) is 0 Å². The van der Waals surface area contributed by atoms with Gasteiger partial charge in [0.05, 0.1) is 11.6 Å². The molecule has 0 radical (unpaired) electrons. The monoisotopic (exact) mass is 461 g/mol. The van der Waals surface area contributed by atoms with Crippen LogP contribution in [-0.2, 0) is 16.2 Å². The smallest absolute Gasteiger partial charge is 0.241 e. The van der Waals surface area contributed by atoms with Crippen LogP contribution in [-0.4, -0.2) is 28.6 Å². The van der Waals surface area contributed by atoms with Crippen LogP contribution in [0.5, 0.6) is 11.5 Å². The molecule has 0 aromatic heterocycles. The Bertz CT molecular complexity index is 1030. The number of hydrogen-bond donors (Lipinski definition) is 1. The van der Waals surface area contributed by atoms with E-state index in [0.29, 0.717) is 40.5 Å². The Morgan fingerprint density at radius 2 is 2.00 bits per heavy atom. The summed E-state index contributed by atoms with van der Waals surface area (Å²) in [5.74, 6) is 0.402. The highest BCUT2D eigenvalue weighted by molar-refractivity contribution is 8.14. The summed E-state index contributed by atoms with van der Waals surface area (Å²) in [6.45, 7) is 7.46. The average molecular weight is 462 g/mol. The summed E-state index contributed by atoms with van der Waals surface area (Å²) in [5, 5.41) is 8.38. The van der Waals surface area contributed by atoms with Crippen molar-refractivity contribution in [3.05, 3.63) is 58.1 Å². The van der Waals surface area contributed by atoms with Crippen molar-refractivity contribution >= 4 is 40.3 Å². The molecule has 2 amide bonds. The van der Waals surface area contributed by atoms with E-state index >= 15 is 0 Å². The summed E-state index contributed by atoms with van der Waals surface area (Å²) in [6, 6.07) is 11.5. The Hall–Kier alpha value is -2.71. The molecule has 9 heteroatoms. The number of nitrogens with zero attached hydrogens (tertiary/aromatic N) is 2. The van der Waals surface area contributed by atoms with Crippen LogP contribution in [0, 0.1) is 6.92 Å². The van der Waals surface area contributed by atoms with Crippen LogP contribution in [0.4, 0.5) is 0 Å². The summed E-state index contributed by atoms with van der Waals surface area (Å²) in [4.78, 5) is 23.5. The Morgan fingerprint density at radius 1 is 1.23 bits per heavy atom. The number of thioether (sulfide) groups is 1. The van der Waals surface area contributed by atoms with Gasteiger partial charge in [0.15, 0.2) is 16.7 Å². The van der Waals surface area contributed by atoms with Gasteiger partial charge in [-0.15, -0.1) is 5.10 Å². The fourth-order valence-corrected chi connectivity index (χ4v) is 4.46. The lowest BCUT2D eigenvalue weighted by Gasteiger charge is -2.22. The van der Waals surface area contributed by atoms with Crippen LogP contribution in [0.25, 0.3) is 0 Å². The highest BCUT2D eigenvalue weighted by atomic mass is 35.5. The number of amidine groups is 1. The highest BCUT2D eigenvalue weighted by Crippen LogP contribution is 2.45. The first-order valence-electron chi connectivity index (χ1n) is 9.75. The first-order valence-corrected chi connectivity index (χ1v) is 11.0. The fraction of sp³-hybridized carbons (Fsp3) is 0.318. The summed E-state index contributed by atoms with van der Waals surface area (Å²) in [7, 11) is 0. The molecule has 0 bridgehead atoms. The van der Waals surface area contributed by atoms with Gasteiger partial charge in [-0.1, -0.05) is 53.2 Å². The molecule has 1 N–H and O–H groups in total. The van der Waals surface area contributed by atoms with Crippen molar-refractivity contribution in [3.8, 4) is 11.5 Å². The second-order valence-corrected chi connectivity index (χ2v) is 8.44. The number of carbonyl (C=O) groups is 2. The van der Waals surface area contributed by atoms with E-state index in [1.165, 1.54) is 30.6 Å². The van der Waals surface area contributed by atoms with Gasteiger partial charge in [-0.2, -0.15) is 0 Å². The number of amides is 2. The third-order valence-corrected chi connectivity index (χ3v) is 5.71. The Labute approximate surface area is 190 Å². The number of benzene rings is 2. The molecule has 1 aliphatic rings. The minimum absolute atomic E-state index is 0.258. The lowest BCUT2D eigenvalue weighted by atomic mass is 10.1. The standard InChI is InChI=1S/C22H24ClN3O4S/c1-5-29-19-11-17(21-26(15(4)28)25-22(31-21)24-14(3)27)10-18(23)20(19)30-12-16-8-6-7-13(2)9-16/h6-11,21H,5,12H2,1-4H3,(H,24,25,27). The zero-order valence-electron chi connectivity index (χ0n) is 17.8. The minimum Gasteiger partial charge on any atom is -0.490 e. The molecule has 1 aliphatic heterocycles. The van der Waals surface area contributed by atoms with E-state index in [1.54, 1.807) is 12.1 Å². The van der Waals surface area contributed by atoms with E-state index in [2.05, 4.69) is 10.4 Å². The van der Waals surface area contributed by atoms with Crippen LogP contribution in [0.1, 0.15) is 42.8 Å². The summed E-state index contributed by atoms with van der Waals surface area (Å²) in [5.41, 5.74) is 2.87. The Kier molecular flexibility index (Phi) is 7.46. The van der Waals surface area contributed by atoms with E-state index in [4.69, 9.17) is 21.1 Å². The second-order valence-electron chi connectivity index (χ2n) is 6.96. The molecule has 164 valence electrons. The number of hydrazone groups is 1. The number of halogens is 1. The molecular formula is C22H24ClN3O4S. The van der Waals surface area contributed by atoms with Crippen molar-refractivity contribution in [1.29, 1.82) is 0 Å². The quantitative estimate of drug-likeness (QED) is 0.678. The van der Waals surface area contributed by atoms with Crippen LogP contribution in [0.3, 0.4) is 0 Å². The fourth-order valence-electron chi connectivity index (χ4n) is 3.07. The molecule has 0 saturated heterocycles. The largest absolute Gasteiger partial charge is 0.490 e. The number of hydrogen-bond acceptors (Lipinski definition) is 6. The molecule has 2 aromatic rings. The molecule has 7 nitrogen and oxygen atoms in total. The minimum atomic E-state index is -0.484. The van der Waals surface area contributed by atoms with Crippen molar-refractivity contribution in [2.45, 2.75) is 39.7 Å². The SMILES string of the molecule is CCOc1cc(C2SC(NC(C)=O)=NN2C(C)=O)cc(Cl)c1OCc1cccc(C)c1. The average Bonchev–Trinajstić information content (AvgIpc) is 3.11. The number of ether oxygens (including phenoxy) is 2. The van der Waals surface area contributed by atoms with Gasteiger partial charge in [0.2, 0.25) is 11.8 Å². The zero-order chi connectivity index (χ0) is 22.5. The summed E-state index contributed by atoms with van der Waals surface area (Å²) >= 11 is 7.82. The van der Waals surface area contributed by atoms with Gasteiger partial charge in [0.1, 0.15) is 12.0 Å².